The van der Waals surface area contributed by atoms with Gasteiger partial charge in [-0.2, -0.15) is 0 Å². The van der Waals surface area contributed by atoms with Crippen molar-refractivity contribution in [3.05, 3.63) is 89.5 Å². The number of hydrogen-bond donors (Lipinski definition) is 1. The van der Waals surface area contributed by atoms with Gasteiger partial charge in [0.25, 0.3) is 0 Å². The van der Waals surface area contributed by atoms with Gasteiger partial charge < -0.3 is 15.2 Å². The highest BCUT2D eigenvalue weighted by Gasteiger charge is 2.26. The zero-order valence-electron chi connectivity index (χ0n) is 14.8. The first-order chi connectivity index (χ1) is 13.6. The van der Waals surface area contributed by atoms with Gasteiger partial charge in [-0.15, -0.1) is 11.8 Å². The second-order valence-electron chi connectivity index (χ2n) is 6.28. The topological polar surface area (TPSA) is 69.2 Å². The van der Waals surface area contributed by atoms with Gasteiger partial charge in [0.15, 0.2) is 0 Å². The van der Waals surface area contributed by atoms with Crippen LogP contribution in [0.2, 0.25) is 0 Å². The molecule has 3 aromatic rings. The molecule has 1 aliphatic heterocycles. The van der Waals surface area contributed by atoms with E-state index in [1.54, 1.807) is 35.7 Å². The van der Waals surface area contributed by atoms with Gasteiger partial charge in [0.05, 0.1) is 17.0 Å². The summed E-state index contributed by atoms with van der Waals surface area (Å²) in [6.45, 7) is 0. The minimum Gasteiger partial charge on any atom is -0.545 e. The van der Waals surface area contributed by atoms with Crippen molar-refractivity contribution in [1.29, 1.82) is 0 Å². The molecule has 140 valence electrons. The standard InChI is InChI=1S/C22H17NO3S2/c24-20(23-15-11-9-14(10-12-15)22(25)26)13-27-21-16-5-1-3-7-18(16)28-19-8-4-2-6-17(19)21/h1-12,21H,13H2,(H,23,24)(H,25,26)/p-1. The molecule has 0 unspecified atom stereocenters. The number of carbonyl (C=O) groups excluding carboxylic acids is 2. The average molecular weight is 407 g/mol. The highest BCUT2D eigenvalue weighted by atomic mass is 32.2. The van der Waals surface area contributed by atoms with E-state index in [4.69, 9.17) is 0 Å². The molecule has 0 aromatic heterocycles. The van der Waals surface area contributed by atoms with E-state index in [1.165, 1.54) is 33.1 Å². The number of hydrogen-bond acceptors (Lipinski definition) is 5. The summed E-state index contributed by atoms with van der Waals surface area (Å²) in [4.78, 5) is 25.7. The molecule has 1 heterocycles. The number of fused-ring (bicyclic) bond motifs is 2. The summed E-state index contributed by atoms with van der Waals surface area (Å²) in [5.41, 5.74) is 3.10. The van der Waals surface area contributed by atoms with Crippen LogP contribution >= 0.6 is 23.5 Å². The summed E-state index contributed by atoms with van der Waals surface area (Å²) in [6.07, 6.45) is 0. The Morgan fingerprint density at radius 2 is 1.46 bits per heavy atom. The number of carboxylic acid groups (broad SMARTS) is 1. The van der Waals surface area contributed by atoms with Crippen LogP contribution in [-0.2, 0) is 4.79 Å². The van der Waals surface area contributed by atoms with E-state index in [2.05, 4.69) is 29.6 Å². The minimum atomic E-state index is -1.24. The number of benzene rings is 3. The summed E-state index contributed by atoms with van der Waals surface area (Å²) >= 11 is 3.35. The third-order valence-corrected chi connectivity index (χ3v) is 6.86. The number of rotatable bonds is 5. The van der Waals surface area contributed by atoms with E-state index < -0.39 is 5.97 Å². The molecule has 0 bridgehead atoms. The van der Waals surface area contributed by atoms with Gasteiger partial charge >= 0.3 is 0 Å². The van der Waals surface area contributed by atoms with Gasteiger partial charge in [0, 0.05) is 15.5 Å². The quantitative estimate of drug-likeness (QED) is 0.694. The lowest BCUT2D eigenvalue weighted by Crippen LogP contribution is -2.22. The Morgan fingerprint density at radius 3 is 2.04 bits per heavy atom. The molecule has 4 nitrogen and oxygen atoms in total. The maximum Gasteiger partial charge on any atom is 0.234 e. The molecule has 28 heavy (non-hydrogen) atoms. The average Bonchev–Trinajstić information content (AvgIpc) is 2.71. The van der Waals surface area contributed by atoms with Crippen molar-refractivity contribution in [3.63, 3.8) is 0 Å². The molecule has 0 aliphatic carbocycles. The maximum atomic E-state index is 12.4. The number of aromatic carboxylic acids is 1. The summed E-state index contributed by atoms with van der Waals surface area (Å²) in [5.74, 6) is -1.07. The zero-order chi connectivity index (χ0) is 19.5. The highest BCUT2D eigenvalue weighted by molar-refractivity contribution is 8.01. The third kappa shape index (κ3) is 3.93. The second-order valence-corrected chi connectivity index (χ2v) is 8.46. The lowest BCUT2D eigenvalue weighted by atomic mass is 10.0. The Hall–Kier alpha value is -2.70. The first-order valence-corrected chi connectivity index (χ1v) is 10.6. The van der Waals surface area contributed by atoms with E-state index in [0.29, 0.717) is 11.4 Å². The van der Waals surface area contributed by atoms with Crippen molar-refractivity contribution in [2.75, 3.05) is 11.1 Å². The van der Waals surface area contributed by atoms with Crippen LogP contribution in [0.3, 0.4) is 0 Å². The first-order valence-electron chi connectivity index (χ1n) is 8.70. The van der Waals surface area contributed by atoms with Crippen LogP contribution in [0.5, 0.6) is 0 Å². The number of amides is 1. The fourth-order valence-corrected chi connectivity index (χ4v) is 5.54. The van der Waals surface area contributed by atoms with Crippen LogP contribution in [-0.4, -0.2) is 17.6 Å². The lowest BCUT2D eigenvalue weighted by molar-refractivity contribution is -0.255. The fourth-order valence-electron chi connectivity index (χ4n) is 3.09. The molecule has 0 radical (unpaired) electrons. The smallest absolute Gasteiger partial charge is 0.234 e. The summed E-state index contributed by atoms with van der Waals surface area (Å²) in [5, 5.41) is 13.7. The summed E-state index contributed by atoms with van der Waals surface area (Å²) < 4.78 is 0. The fraction of sp³-hybridized carbons (Fsp3) is 0.0909. The molecule has 1 aliphatic rings. The van der Waals surface area contributed by atoms with Crippen LogP contribution < -0.4 is 10.4 Å². The molecule has 0 saturated carbocycles. The van der Waals surface area contributed by atoms with Crippen molar-refractivity contribution in [1.82, 2.24) is 0 Å². The minimum absolute atomic E-state index is 0.0836. The maximum absolute atomic E-state index is 12.4. The largest absolute Gasteiger partial charge is 0.545 e. The molecule has 0 spiro atoms. The van der Waals surface area contributed by atoms with Crippen LogP contribution in [0.4, 0.5) is 5.69 Å². The van der Waals surface area contributed by atoms with Gasteiger partial charge in [-0.1, -0.05) is 60.3 Å². The highest BCUT2D eigenvalue weighted by Crippen LogP contribution is 2.50. The zero-order valence-corrected chi connectivity index (χ0v) is 16.4. The predicted molar refractivity (Wildman–Crippen MR) is 111 cm³/mol. The Kier molecular flexibility index (Phi) is 5.41. The SMILES string of the molecule is O=C(CSC1c2ccccc2Sc2ccccc21)Nc1ccc(C(=O)[O-])cc1. The van der Waals surface area contributed by atoms with E-state index in [1.807, 2.05) is 24.3 Å². The molecular weight excluding hydrogens is 390 g/mol. The number of thioether (sulfide) groups is 1. The normalized spacial score (nSPS) is 12.7. The van der Waals surface area contributed by atoms with Crippen molar-refractivity contribution >= 4 is 41.1 Å². The van der Waals surface area contributed by atoms with Gasteiger partial charge in [-0.05, 0) is 41.0 Å². The third-order valence-electron chi connectivity index (χ3n) is 4.41. The Balaban J connectivity index is 1.47. The van der Waals surface area contributed by atoms with Gasteiger partial charge in [0.2, 0.25) is 5.91 Å². The molecular formula is C22H16NO3S2-. The van der Waals surface area contributed by atoms with Crippen LogP contribution in [0, 0.1) is 0 Å². The second kappa shape index (κ2) is 8.12. The van der Waals surface area contributed by atoms with Crippen LogP contribution in [0.15, 0.2) is 82.6 Å². The van der Waals surface area contributed by atoms with Gasteiger partial charge in [-0.25, -0.2) is 0 Å². The molecule has 0 fully saturated rings. The van der Waals surface area contributed by atoms with E-state index in [-0.39, 0.29) is 16.7 Å². The number of carbonyl (C=O) groups is 2. The van der Waals surface area contributed by atoms with Gasteiger partial charge in [-0.3, -0.25) is 4.79 Å². The monoisotopic (exact) mass is 406 g/mol. The molecule has 1 N–H and O–H groups in total. The van der Waals surface area contributed by atoms with E-state index in [0.717, 1.165) is 0 Å². The van der Waals surface area contributed by atoms with Crippen molar-refractivity contribution in [3.8, 4) is 0 Å². The molecule has 0 saturated heterocycles. The van der Waals surface area contributed by atoms with Crippen LogP contribution in [0.1, 0.15) is 26.7 Å². The molecule has 3 aromatic carbocycles. The van der Waals surface area contributed by atoms with Gasteiger partial charge in [0.1, 0.15) is 0 Å². The van der Waals surface area contributed by atoms with Crippen molar-refractivity contribution in [2.24, 2.45) is 0 Å². The molecule has 4 rings (SSSR count). The molecule has 0 atom stereocenters. The number of anilines is 1. The Morgan fingerprint density at radius 1 is 0.893 bits per heavy atom. The summed E-state index contributed by atoms with van der Waals surface area (Å²) in [7, 11) is 0. The van der Waals surface area contributed by atoms with Crippen molar-refractivity contribution in [2.45, 2.75) is 15.0 Å². The Bertz CT molecular complexity index is 988. The first kappa shape index (κ1) is 18.7. The van der Waals surface area contributed by atoms with Crippen molar-refractivity contribution < 1.29 is 14.7 Å². The molecule has 6 heteroatoms. The predicted octanol–water partition coefficient (Wildman–Crippen LogP) is 3.98. The number of nitrogens with one attached hydrogen (secondary N) is 1. The lowest BCUT2D eigenvalue weighted by Gasteiger charge is -2.27. The Labute approximate surface area is 171 Å². The van der Waals surface area contributed by atoms with Crippen LogP contribution in [0.25, 0.3) is 0 Å². The van der Waals surface area contributed by atoms with E-state index >= 15 is 0 Å². The number of carboxylic acids is 1. The summed E-state index contributed by atoms with van der Waals surface area (Å²) in [6, 6.07) is 22.6. The molecule has 1 amide bonds. The van der Waals surface area contributed by atoms with E-state index in [9.17, 15) is 14.7 Å².